The van der Waals surface area contributed by atoms with Crippen molar-refractivity contribution in [2.45, 2.75) is 49.6 Å². The molecule has 2 aromatic carbocycles. The van der Waals surface area contributed by atoms with Gasteiger partial charge in [0.05, 0.1) is 30.0 Å². The first-order chi connectivity index (χ1) is 17.0. The van der Waals surface area contributed by atoms with Gasteiger partial charge >= 0.3 is 0 Å². The molecule has 0 radical (unpaired) electrons. The van der Waals surface area contributed by atoms with Crippen LogP contribution in [-0.4, -0.2) is 51.0 Å². The molecule has 182 valence electrons. The number of carbonyl (C=O) groups excluding carboxylic acids is 1. The van der Waals surface area contributed by atoms with Crippen LogP contribution in [0.4, 0.5) is 5.69 Å². The number of amides is 1. The number of benzene rings is 2. The molecular weight excluding hydrogens is 460 g/mol. The van der Waals surface area contributed by atoms with Gasteiger partial charge in [-0.1, -0.05) is 24.2 Å². The summed E-state index contributed by atoms with van der Waals surface area (Å²) in [5.41, 5.74) is 2.02. The van der Waals surface area contributed by atoms with Gasteiger partial charge in [-0.3, -0.25) is 14.3 Å². The van der Waals surface area contributed by atoms with Crippen molar-refractivity contribution in [3.63, 3.8) is 0 Å². The average molecular weight is 491 g/mol. The zero-order valence-corrected chi connectivity index (χ0v) is 21.1. The topological polar surface area (TPSA) is 96.1 Å². The SMILES string of the molecule is COc1ccc(-n2c(S[C@H](C)C(=O)Nc3cccc(C#N)c3)nnc2[C@@H](C)N2CCCCC2)cc1. The van der Waals surface area contributed by atoms with E-state index in [1.165, 1.54) is 31.0 Å². The lowest BCUT2D eigenvalue weighted by atomic mass is 10.1. The average Bonchev–Trinajstić information content (AvgIpc) is 3.32. The molecule has 0 aliphatic carbocycles. The van der Waals surface area contributed by atoms with Gasteiger partial charge in [-0.05, 0) is 82.2 Å². The van der Waals surface area contributed by atoms with E-state index in [4.69, 9.17) is 10.00 Å². The molecule has 9 heteroatoms. The van der Waals surface area contributed by atoms with Gasteiger partial charge in [-0.15, -0.1) is 10.2 Å². The van der Waals surface area contributed by atoms with Crippen LogP contribution in [0, 0.1) is 11.3 Å². The molecule has 3 aromatic rings. The lowest BCUT2D eigenvalue weighted by Gasteiger charge is -2.32. The Kier molecular flexibility index (Phi) is 8.06. The summed E-state index contributed by atoms with van der Waals surface area (Å²) in [6.07, 6.45) is 3.64. The van der Waals surface area contributed by atoms with Crippen molar-refractivity contribution in [1.82, 2.24) is 19.7 Å². The molecule has 0 saturated carbocycles. The third-order valence-electron chi connectivity index (χ3n) is 6.21. The molecule has 1 amide bonds. The second kappa shape index (κ2) is 11.4. The zero-order chi connectivity index (χ0) is 24.8. The maximum absolute atomic E-state index is 12.9. The number of hydrogen-bond acceptors (Lipinski definition) is 7. The highest BCUT2D eigenvalue weighted by Crippen LogP contribution is 2.32. The van der Waals surface area contributed by atoms with Crippen molar-refractivity contribution in [3.8, 4) is 17.5 Å². The number of carbonyl (C=O) groups is 1. The summed E-state index contributed by atoms with van der Waals surface area (Å²) < 4.78 is 7.38. The second-order valence-corrected chi connectivity index (χ2v) is 9.90. The lowest BCUT2D eigenvalue weighted by Crippen LogP contribution is -2.33. The number of thioether (sulfide) groups is 1. The summed E-state index contributed by atoms with van der Waals surface area (Å²) in [4.78, 5) is 15.4. The van der Waals surface area contributed by atoms with Crippen LogP contribution in [-0.2, 0) is 4.79 Å². The smallest absolute Gasteiger partial charge is 0.237 e. The van der Waals surface area contributed by atoms with Crippen LogP contribution >= 0.6 is 11.8 Å². The van der Waals surface area contributed by atoms with Crippen molar-refractivity contribution in [3.05, 3.63) is 59.9 Å². The first kappa shape index (κ1) is 24.8. The second-order valence-electron chi connectivity index (χ2n) is 8.59. The third-order valence-corrected chi connectivity index (χ3v) is 7.25. The molecule has 1 fully saturated rings. The number of piperidine rings is 1. The first-order valence-corrected chi connectivity index (χ1v) is 12.7. The van der Waals surface area contributed by atoms with E-state index >= 15 is 0 Å². The summed E-state index contributed by atoms with van der Waals surface area (Å²) in [6.45, 7) is 6.09. The van der Waals surface area contributed by atoms with Gasteiger partial charge in [0.1, 0.15) is 5.75 Å². The number of hydrogen-bond donors (Lipinski definition) is 1. The molecule has 2 atom stereocenters. The molecular formula is C26H30N6O2S. The number of nitrogens with zero attached hydrogens (tertiary/aromatic N) is 5. The van der Waals surface area contributed by atoms with E-state index in [9.17, 15) is 4.79 Å². The maximum Gasteiger partial charge on any atom is 0.237 e. The number of likely N-dealkylation sites (tertiary alicyclic amines) is 1. The van der Waals surface area contributed by atoms with Gasteiger partial charge in [0.15, 0.2) is 11.0 Å². The summed E-state index contributed by atoms with van der Waals surface area (Å²) >= 11 is 1.36. The lowest BCUT2D eigenvalue weighted by molar-refractivity contribution is -0.115. The molecule has 0 unspecified atom stereocenters. The van der Waals surface area contributed by atoms with Crippen LogP contribution in [0.2, 0.25) is 0 Å². The number of nitrogens with one attached hydrogen (secondary N) is 1. The van der Waals surface area contributed by atoms with Gasteiger partial charge in [0.2, 0.25) is 5.91 Å². The number of methoxy groups -OCH3 is 1. The van der Waals surface area contributed by atoms with E-state index in [2.05, 4.69) is 33.4 Å². The Balaban J connectivity index is 1.59. The molecule has 1 aromatic heterocycles. The van der Waals surface area contributed by atoms with Crippen LogP contribution in [0.3, 0.4) is 0 Å². The minimum atomic E-state index is -0.430. The van der Waals surface area contributed by atoms with Crippen LogP contribution in [0.5, 0.6) is 5.75 Å². The Labute approximate surface area is 210 Å². The van der Waals surface area contributed by atoms with Gasteiger partial charge in [-0.2, -0.15) is 5.26 Å². The summed E-state index contributed by atoms with van der Waals surface area (Å²) in [7, 11) is 1.64. The normalized spacial score (nSPS) is 15.7. The molecule has 2 heterocycles. The Morgan fingerprint density at radius 2 is 1.86 bits per heavy atom. The molecule has 35 heavy (non-hydrogen) atoms. The van der Waals surface area contributed by atoms with Crippen molar-refractivity contribution >= 4 is 23.4 Å². The molecule has 0 spiro atoms. The molecule has 1 N–H and O–H groups in total. The van der Waals surface area contributed by atoms with E-state index in [1.807, 2.05) is 35.8 Å². The number of anilines is 1. The fraction of sp³-hybridized carbons (Fsp3) is 0.385. The standard InChI is InChI=1S/C26H30N6O2S/c1-18(31-14-5-4-6-15-31)24-29-30-26(32(24)22-10-12-23(34-3)13-11-22)35-19(2)25(33)28-21-9-7-8-20(16-21)17-27/h7-13,16,18-19H,4-6,14-15H2,1-3H3,(H,28,33)/t18-,19-/m1/s1. The van der Waals surface area contributed by atoms with Gasteiger partial charge in [-0.25, -0.2) is 0 Å². The first-order valence-electron chi connectivity index (χ1n) is 11.8. The molecule has 1 aliphatic rings. The van der Waals surface area contributed by atoms with Crippen molar-refractivity contribution in [2.75, 3.05) is 25.5 Å². The number of aromatic nitrogens is 3. The highest BCUT2D eigenvalue weighted by molar-refractivity contribution is 8.00. The molecule has 0 bridgehead atoms. The van der Waals surface area contributed by atoms with Crippen LogP contribution in [0.1, 0.15) is 50.5 Å². The quantitative estimate of drug-likeness (QED) is 0.453. The van der Waals surface area contributed by atoms with Crippen molar-refractivity contribution in [2.24, 2.45) is 0 Å². The Bertz CT molecular complexity index is 1200. The molecule has 8 nitrogen and oxygen atoms in total. The van der Waals surface area contributed by atoms with Crippen molar-refractivity contribution < 1.29 is 9.53 Å². The molecule has 4 rings (SSSR count). The van der Waals surface area contributed by atoms with Crippen LogP contribution in [0.25, 0.3) is 5.69 Å². The Hall–Kier alpha value is -3.35. The largest absolute Gasteiger partial charge is 0.497 e. The molecule has 1 aliphatic heterocycles. The van der Waals surface area contributed by atoms with E-state index in [-0.39, 0.29) is 11.9 Å². The maximum atomic E-state index is 12.9. The minimum Gasteiger partial charge on any atom is -0.497 e. The van der Waals surface area contributed by atoms with Gasteiger partial charge in [0.25, 0.3) is 0 Å². The highest BCUT2D eigenvalue weighted by Gasteiger charge is 2.27. The summed E-state index contributed by atoms with van der Waals surface area (Å²) in [6, 6.07) is 16.9. The van der Waals surface area contributed by atoms with E-state index < -0.39 is 5.25 Å². The predicted molar refractivity (Wildman–Crippen MR) is 137 cm³/mol. The molecule has 1 saturated heterocycles. The minimum absolute atomic E-state index is 0.0945. The monoisotopic (exact) mass is 490 g/mol. The van der Waals surface area contributed by atoms with E-state index in [1.54, 1.807) is 31.4 Å². The van der Waals surface area contributed by atoms with Gasteiger partial charge < -0.3 is 10.1 Å². The number of nitriles is 1. The zero-order valence-electron chi connectivity index (χ0n) is 20.3. The Morgan fingerprint density at radius 3 is 2.54 bits per heavy atom. The van der Waals surface area contributed by atoms with Crippen LogP contribution < -0.4 is 10.1 Å². The number of ether oxygens (including phenoxy) is 1. The summed E-state index contributed by atoms with van der Waals surface area (Å²) in [5.74, 6) is 1.46. The van der Waals surface area contributed by atoms with Gasteiger partial charge in [0, 0.05) is 11.4 Å². The fourth-order valence-corrected chi connectivity index (χ4v) is 5.07. The fourth-order valence-electron chi connectivity index (χ4n) is 4.19. The predicted octanol–water partition coefficient (Wildman–Crippen LogP) is 4.81. The number of rotatable bonds is 8. The van der Waals surface area contributed by atoms with Crippen molar-refractivity contribution in [1.29, 1.82) is 5.26 Å². The van der Waals surface area contributed by atoms with E-state index in [0.29, 0.717) is 16.4 Å². The third kappa shape index (κ3) is 5.84. The Morgan fingerprint density at radius 1 is 1.11 bits per heavy atom. The highest BCUT2D eigenvalue weighted by atomic mass is 32.2. The van der Waals surface area contributed by atoms with E-state index in [0.717, 1.165) is 30.4 Å². The van der Waals surface area contributed by atoms with Crippen LogP contribution in [0.15, 0.2) is 53.7 Å². The summed E-state index contributed by atoms with van der Waals surface area (Å²) in [5, 5.41) is 21.3.